The number of aryl methyl sites for hydroxylation is 1. The lowest BCUT2D eigenvalue weighted by molar-refractivity contribution is 0.599. The Morgan fingerprint density at radius 3 is 2.69 bits per heavy atom. The van der Waals surface area contributed by atoms with Gasteiger partial charge >= 0.3 is 0 Å². The van der Waals surface area contributed by atoms with Crippen molar-refractivity contribution in [1.29, 1.82) is 0 Å². The van der Waals surface area contributed by atoms with Crippen LogP contribution < -0.4 is 10.5 Å². The van der Waals surface area contributed by atoms with E-state index >= 15 is 0 Å². The van der Waals surface area contributed by atoms with Crippen molar-refractivity contribution in [3.05, 3.63) is 28.2 Å². The van der Waals surface area contributed by atoms with Crippen molar-refractivity contribution in [2.24, 2.45) is 5.73 Å². The summed E-state index contributed by atoms with van der Waals surface area (Å²) in [4.78, 5) is 0. The summed E-state index contributed by atoms with van der Waals surface area (Å²) < 4.78 is 26.6. The monoisotopic (exact) mass is 306 g/mol. The topological polar surface area (TPSA) is 72.2 Å². The third kappa shape index (κ3) is 4.11. The Bertz CT molecular complexity index is 460. The van der Waals surface area contributed by atoms with E-state index in [1.165, 1.54) is 0 Å². The summed E-state index contributed by atoms with van der Waals surface area (Å²) >= 11 is 3.36. The molecular formula is C10H15BrN2O2S. The third-order valence-electron chi connectivity index (χ3n) is 2.05. The van der Waals surface area contributed by atoms with E-state index in [1.54, 1.807) is 12.1 Å². The molecule has 0 unspecified atom stereocenters. The first-order valence-electron chi connectivity index (χ1n) is 4.91. The number of nitrogens with one attached hydrogen (secondary N) is 1. The molecule has 0 spiro atoms. The zero-order valence-electron chi connectivity index (χ0n) is 9.03. The molecule has 1 aromatic carbocycles. The van der Waals surface area contributed by atoms with E-state index < -0.39 is 10.0 Å². The lowest BCUT2D eigenvalue weighted by Crippen LogP contribution is -2.18. The van der Waals surface area contributed by atoms with Gasteiger partial charge in [0.05, 0.1) is 5.75 Å². The summed E-state index contributed by atoms with van der Waals surface area (Å²) in [5.41, 5.74) is 6.84. The maximum atomic E-state index is 11.6. The largest absolute Gasteiger partial charge is 0.330 e. The molecule has 0 aliphatic carbocycles. The van der Waals surface area contributed by atoms with Crippen LogP contribution in [0.3, 0.4) is 0 Å². The summed E-state index contributed by atoms with van der Waals surface area (Å²) in [6.07, 6.45) is 0.463. The van der Waals surface area contributed by atoms with Crippen LogP contribution in [0.1, 0.15) is 12.0 Å². The predicted octanol–water partition coefficient (Wildman–Crippen LogP) is 1.85. The van der Waals surface area contributed by atoms with E-state index in [4.69, 9.17) is 5.73 Å². The van der Waals surface area contributed by atoms with Gasteiger partial charge in [-0.3, -0.25) is 4.72 Å². The average Bonchev–Trinajstić information content (AvgIpc) is 2.20. The number of halogens is 1. The number of hydrogen-bond donors (Lipinski definition) is 2. The molecule has 0 bridgehead atoms. The van der Waals surface area contributed by atoms with Crippen molar-refractivity contribution in [1.82, 2.24) is 0 Å². The smallest absolute Gasteiger partial charge is 0.232 e. The second-order valence-corrected chi connectivity index (χ2v) is 6.22. The molecule has 0 aliphatic rings. The maximum Gasteiger partial charge on any atom is 0.232 e. The highest BCUT2D eigenvalue weighted by Crippen LogP contribution is 2.20. The van der Waals surface area contributed by atoms with Crippen LogP contribution in [0.2, 0.25) is 0 Å². The molecule has 0 amide bonds. The molecule has 0 atom stereocenters. The summed E-state index contributed by atoms with van der Waals surface area (Å²) in [6.45, 7) is 2.28. The Morgan fingerprint density at radius 1 is 1.44 bits per heavy atom. The molecule has 0 aromatic heterocycles. The van der Waals surface area contributed by atoms with E-state index in [0.717, 1.165) is 10.0 Å². The zero-order valence-corrected chi connectivity index (χ0v) is 11.4. The van der Waals surface area contributed by atoms with Gasteiger partial charge in [-0.25, -0.2) is 8.42 Å². The standard InChI is InChI=1S/C10H15BrN2O2S/c1-8-7-9(3-4-10(8)11)13-16(14,15)6-2-5-12/h3-4,7,13H,2,5-6,12H2,1H3. The van der Waals surface area contributed by atoms with Gasteiger partial charge in [0.25, 0.3) is 0 Å². The van der Waals surface area contributed by atoms with Gasteiger partial charge in [0.15, 0.2) is 0 Å². The molecule has 4 nitrogen and oxygen atoms in total. The van der Waals surface area contributed by atoms with Crippen molar-refractivity contribution in [3.8, 4) is 0 Å². The van der Waals surface area contributed by atoms with E-state index in [9.17, 15) is 8.42 Å². The third-order valence-corrected chi connectivity index (χ3v) is 4.31. The number of benzene rings is 1. The maximum absolute atomic E-state index is 11.6. The second-order valence-electron chi connectivity index (χ2n) is 3.53. The first-order valence-corrected chi connectivity index (χ1v) is 7.36. The van der Waals surface area contributed by atoms with Crippen LogP contribution in [-0.2, 0) is 10.0 Å². The van der Waals surface area contributed by atoms with Gasteiger partial charge in [-0.15, -0.1) is 0 Å². The minimum absolute atomic E-state index is 0.0542. The van der Waals surface area contributed by atoms with E-state index in [-0.39, 0.29) is 5.75 Å². The zero-order chi connectivity index (χ0) is 12.2. The van der Waals surface area contributed by atoms with Crippen LogP contribution in [0.15, 0.2) is 22.7 Å². The number of hydrogen-bond acceptors (Lipinski definition) is 3. The molecule has 16 heavy (non-hydrogen) atoms. The molecule has 0 aliphatic heterocycles. The molecular weight excluding hydrogens is 292 g/mol. The average molecular weight is 307 g/mol. The van der Waals surface area contributed by atoms with Crippen molar-refractivity contribution < 1.29 is 8.42 Å². The van der Waals surface area contributed by atoms with Gasteiger partial charge in [0, 0.05) is 10.2 Å². The SMILES string of the molecule is Cc1cc(NS(=O)(=O)CCCN)ccc1Br. The molecule has 0 saturated carbocycles. The molecule has 1 rings (SSSR count). The summed E-state index contributed by atoms with van der Waals surface area (Å²) in [7, 11) is -3.27. The number of sulfonamides is 1. The number of anilines is 1. The molecule has 3 N–H and O–H groups in total. The van der Waals surface area contributed by atoms with E-state index in [0.29, 0.717) is 18.7 Å². The van der Waals surface area contributed by atoms with Crippen molar-refractivity contribution >= 4 is 31.6 Å². The highest BCUT2D eigenvalue weighted by Gasteiger charge is 2.09. The predicted molar refractivity (Wildman–Crippen MR) is 70.0 cm³/mol. The van der Waals surface area contributed by atoms with Gasteiger partial charge < -0.3 is 5.73 Å². The van der Waals surface area contributed by atoms with Gasteiger partial charge in [-0.1, -0.05) is 15.9 Å². The molecule has 6 heteroatoms. The molecule has 90 valence electrons. The molecule has 0 fully saturated rings. The highest BCUT2D eigenvalue weighted by molar-refractivity contribution is 9.10. The van der Waals surface area contributed by atoms with Crippen LogP contribution in [0.25, 0.3) is 0 Å². The van der Waals surface area contributed by atoms with Gasteiger partial charge in [-0.05, 0) is 43.7 Å². The Labute approximate surface area is 104 Å². The molecule has 0 radical (unpaired) electrons. The highest BCUT2D eigenvalue weighted by atomic mass is 79.9. The Kier molecular flexibility index (Phi) is 4.76. The van der Waals surface area contributed by atoms with Gasteiger partial charge in [-0.2, -0.15) is 0 Å². The number of nitrogens with two attached hydrogens (primary N) is 1. The molecule has 0 saturated heterocycles. The van der Waals surface area contributed by atoms with Crippen molar-refractivity contribution in [2.45, 2.75) is 13.3 Å². The van der Waals surface area contributed by atoms with Crippen molar-refractivity contribution in [2.75, 3.05) is 17.0 Å². The summed E-state index contributed by atoms with van der Waals surface area (Å²) in [5, 5.41) is 0. The van der Waals surface area contributed by atoms with Crippen LogP contribution in [0, 0.1) is 6.92 Å². The fraction of sp³-hybridized carbons (Fsp3) is 0.400. The molecule has 1 aromatic rings. The van der Waals surface area contributed by atoms with Gasteiger partial charge in [0.1, 0.15) is 0 Å². The van der Waals surface area contributed by atoms with Crippen LogP contribution in [-0.4, -0.2) is 20.7 Å². The van der Waals surface area contributed by atoms with Crippen LogP contribution in [0.5, 0.6) is 0 Å². The fourth-order valence-corrected chi connectivity index (χ4v) is 2.59. The normalized spacial score (nSPS) is 11.4. The fourth-order valence-electron chi connectivity index (χ4n) is 1.21. The first-order chi connectivity index (χ1) is 7.44. The lowest BCUT2D eigenvalue weighted by atomic mass is 10.2. The summed E-state index contributed by atoms with van der Waals surface area (Å²) in [5.74, 6) is 0.0542. The van der Waals surface area contributed by atoms with Crippen molar-refractivity contribution in [3.63, 3.8) is 0 Å². The second kappa shape index (κ2) is 5.65. The Morgan fingerprint density at radius 2 is 2.12 bits per heavy atom. The van der Waals surface area contributed by atoms with E-state index in [2.05, 4.69) is 20.7 Å². The number of rotatable bonds is 5. The summed E-state index contributed by atoms with van der Waals surface area (Å²) in [6, 6.07) is 5.32. The van der Waals surface area contributed by atoms with Gasteiger partial charge in [0.2, 0.25) is 10.0 Å². The Balaban J connectivity index is 2.76. The molecule has 0 heterocycles. The minimum Gasteiger partial charge on any atom is -0.330 e. The van der Waals surface area contributed by atoms with Crippen LogP contribution in [0.4, 0.5) is 5.69 Å². The first kappa shape index (κ1) is 13.5. The van der Waals surface area contributed by atoms with Crippen LogP contribution >= 0.6 is 15.9 Å². The quantitative estimate of drug-likeness (QED) is 0.872. The van der Waals surface area contributed by atoms with E-state index in [1.807, 2.05) is 13.0 Å². The lowest BCUT2D eigenvalue weighted by Gasteiger charge is -2.08. The Hall–Kier alpha value is -0.590. The minimum atomic E-state index is -3.27.